The molecule has 0 aliphatic heterocycles. The van der Waals surface area contributed by atoms with Crippen LogP contribution in [0.2, 0.25) is 0 Å². The van der Waals surface area contributed by atoms with Crippen molar-refractivity contribution in [3.8, 4) is 0 Å². The molecule has 0 unspecified atom stereocenters. The maximum atomic E-state index is 11.2. The Morgan fingerprint density at radius 1 is 0.852 bits per heavy atom. The Hall–Kier alpha value is -3.01. The van der Waals surface area contributed by atoms with Crippen molar-refractivity contribution < 1.29 is 4.42 Å². The molecule has 4 nitrogen and oxygen atoms in total. The normalized spacial score (nSPS) is 10.2. The third-order valence-electron chi connectivity index (χ3n) is 4.07. The number of hydrogen-bond acceptors (Lipinski definition) is 4. The average molecular weight is 362 g/mol. The summed E-state index contributed by atoms with van der Waals surface area (Å²) < 4.78 is 5.14. The molecular formula is C23H26N2O2. The highest BCUT2D eigenvalue weighted by Gasteiger charge is 2.03. The van der Waals surface area contributed by atoms with E-state index in [2.05, 4.69) is 31.2 Å². The molecule has 4 heteroatoms. The van der Waals surface area contributed by atoms with Gasteiger partial charge in [-0.2, -0.15) is 0 Å². The van der Waals surface area contributed by atoms with Gasteiger partial charge in [-0.1, -0.05) is 42.0 Å². The minimum absolute atomic E-state index is 0.325. The van der Waals surface area contributed by atoms with Crippen molar-refractivity contribution in [2.24, 2.45) is 0 Å². The number of nitrogens with one attached hydrogen (secondary N) is 2. The van der Waals surface area contributed by atoms with Crippen LogP contribution in [0.5, 0.6) is 0 Å². The van der Waals surface area contributed by atoms with Gasteiger partial charge >= 0.3 is 5.63 Å². The van der Waals surface area contributed by atoms with E-state index >= 15 is 0 Å². The van der Waals surface area contributed by atoms with Crippen molar-refractivity contribution in [2.75, 3.05) is 0 Å². The Balaban J connectivity index is 0.000000208. The lowest BCUT2D eigenvalue weighted by atomic mass is 10.1. The first kappa shape index (κ1) is 20.3. The first-order chi connectivity index (χ1) is 12.7. The van der Waals surface area contributed by atoms with Crippen LogP contribution in [0, 0.1) is 24.7 Å². The molecule has 2 N–H and O–H groups in total. The molecule has 0 aliphatic carbocycles. The van der Waals surface area contributed by atoms with Gasteiger partial charge in [0, 0.05) is 35.7 Å². The second kappa shape index (κ2) is 9.08. The van der Waals surface area contributed by atoms with Crippen molar-refractivity contribution in [3.05, 3.63) is 81.2 Å². The number of hydrogen-bond donors (Lipinski definition) is 2. The molecule has 0 spiro atoms. The molecule has 3 aromatic rings. The summed E-state index contributed by atoms with van der Waals surface area (Å²) >= 11 is 0. The predicted molar refractivity (Wildman–Crippen MR) is 113 cm³/mol. The lowest BCUT2D eigenvalue weighted by Gasteiger charge is -2.03. The molecule has 140 valence electrons. The largest absolute Gasteiger partial charge is 0.423 e. The summed E-state index contributed by atoms with van der Waals surface area (Å²) in [5.74, 6) is 0. The summed E-state index contributed by atoms with van der Waals surface area (Å²) in [6, 6.07) is 15.5. The van der Waals surface area contributed by atoms with E-state index in [0.717, 1.165) is 22.9 Å². The zero-order valence-corrected chi connectivity index (χ0v) is 16.3. The zero-order chi connectivity index (χ0) is 20.0. The summed E-state index contributed by atoms with van der Waals surface area (Å²) in [4.78, 5) is 11.2. The van der Waals surface area contributed by atoms with E-state index < -0.39 is 0 Å². The third kappa shape index (κ3) is 6.33. The van der Waals surface area contributed by atoms with Crippen LogP contribution in [0.15, 0.2) is 57.7 Å². The van der Waals surface area contributed by atoms with Crippen LogP contribution in [0.4, 0.5) is 0 Å². The van der Waals surface area contributed by atoms with E-state index in [1.165, 1.54) is 17.2 Å². The van der Waals surface area contributed by atoms with Gasteiger partial charge in [-0.3, -0.25) is 0 Å². The zero-order valence-electron chi connectivity index (χ0n) is 16.3. The Labute approximate surface area is 159 Å². The Morgan fingerprint density at radius 2 is 1.41 bits per heavy atom. The average Bonchev–Trinajstić information content (AvgIpc) is 2.56. The van der Waals surface area contributed by atoms with Crippen LogP contribution in [0.1, 0.15) is 36.1 Å². The smallest absolute Gasteiger partial charge is 0.336 e. The molecular weight excluding hydrogens is 336 g/mol. The van der Waals surface area contributed by atoms with Crippen LogP contribution < -0.4 is 5.63 Å². The van der Waals surface area contributed by atoms with E-state index in [4.69, 9.17) is 15.2 Å². The fraction of sp³-hybridized carbons (Fsp3) is 0.261. The van der Waals surface area contributed by atoms with Gasteiger partial charge in [-0.25, -0.2) is 4.79 Å². The minimum atomic E-state index is -0.325. The highest BCUT2D eigenvalue weighted by molar-refractivity contribution is 5.84. The van der Waals surface area contributed by atoms with Crippen molar-refractivity contribution in [1.29, 1.82) is 10.8 Å². The number of fused-ring (bicyclic) bond motifs is 1. The van der Waals surface area contributed by atoms with Crippen molar-refractivity contribution in [2.45, 2.75) is 40.5 Å². The topological polar surface area (TPSA) is 77.9 Å². The molecule has 0 amide bonds. The molecule has 2 aromatic carbocycles. The SMILES string of the molecule is CC(=N)Cc1ccc(C)cc1.CC(=N)Cc1ccc2c(C)cc(=O)oc2c1. The number of rotatable bonds is 4. The number of benzene rings is 2. The van der Waals surface area contributed by atoms with Crippen LogP contribution in [0.25, 0.3) is 11.0 Å². The summed E-state index contributed by atoms with van der Waals surface area (Å²) in [7, 11) is 0. The minimum Gasteiger partial charge on any atom is -0.423 e. The van der Waals surface area contributed by atoms with E-state index in [-0.39, 0.29) is 5.63 Å². The Kier molecular flexibility index (Phi) is 6.83. The Morgan fingerprint density at radius 3 is 2.00 bits per heavy atom. The van der Waals surface area contributed by atoms with E-state index in [0.29, 0.717) is 23.4 Å². The molecule has 0 saturated heterocycles. The van der Waals surface area contributed by atoms with Crippen molar-refractivity contribution in [3.63, 3.8) is 0 Å². The number of aryl methyl sites for hydroxylation is 2. The summed E-state index contributed by atoms with van der Waals surface area (Å²) in [6.45, 7) is 7.55. The van der Waals surface area contributed by atoms with Crippen LogP contribution in [-0.4, -0.2) is 11.4 Å². The first-order valence-electron chi connectivity index (χ1n) is 8.91. The molecule has 1 heterocycles. The second-order valence-corrected chi connectivity index (χ2v) is 6.98. The van der Waals surface area contributed by atoms with E-state index in [1.54, 1.807) is 6.92 Å². The van der Waals surface area contributed by atoms with Crippen LogP contribution >= 0.6 is 0 Å². The maximum absolute atomic E-state index is 11.2. The molecule has 0 fully saturated rings. The van der Waals surface area contributed by atoms with Gasteiger partial charge in [0.15, 0.2) is 0 Å². The monoisotopic (exact) mass is 362 g/mol. The van der Waals surface area contributed by atoms with Gasteiger partial charge in [0.05, 0.1) is 0 Å². The molecule has 0 radical (unpaired) electrons. The maximum Gasteiger partial charge on any atom is 0.336 e. The molecule has 27 heavy (non-hydrogen) atoms. The first-order valence-corrected chi connectivity index (χ1v) is 8.91. The van der Waals surface area contributed by atoms with E-state index in [9.17, 15) is 4.79 Å². The molecule has 0 bridgehead atoms. The van der Waals surface area contributed by atoms with Gasteiger partial charge in [0.25, 0.3) is 0 Å². The lowest BCUT2D eigenvalue weighted by molar-refractivity contribution is 0.559. The van der Waals surface area contributed by atoms with Crippen molar-refractivity contribution in [1.82, 2.24) is 0 Å². The summed E-state index contributed by atoms with van der Waals surface area (Å²) in [6.07, 6.45) is 1.37. The quantitative estimate of drug-likeness (QED) is 0.490. The molecule has 3 rings (SSSR count). The van der Waals surface area contributed by atoms with Gasteiger partial charge in [-0.15, -0.1) is 0 Å². The molecule has 0 saturated carbocycles. The second-order valence-electron chi connectivity index (χ2n) is 6.98. The van der Waals surface area contributed by atoms with Gasteiger partial charge < -0.3 is 15.2 Å². The van der Waals surface area contributed by atoms with Crippen LogP contribution in [-0.2, 0) is 12.8 Å². The highest BCUT2D eigenvalue weighted by Crippen LogP contribution is 2.18. The van der Waals surface area contributed by atoms with Gasteiger partial charge in [0.1, 0.15) is 5.58 Å². The van der Waals surface area contributed by atoms with Gasteiger partial charge in [0.2, 0.25) is 0 Å². The summed E-state index contributed by atoms with van der Waals surface area (Å²) in [5.41, 5.74) is 6.00. The fourth-order valence-electron chi connectivity index (χ4n) is 2.80. The highest BCUT2D eigenvalue weighted by atomic mass is 16.4. The molecule has 1 aromatic heterocycles. The lowest BCUT2D eigenvalue weighted by Crippen LogP contribution is -1.99. The molecule has 0 atom stereocenters. The third-order valence-corrected chi connectivity index (χ3v) is 4.07. The van der Waals surface area contributed by atoms with Gasteiger partial charge in [-0.05, 0) is 50.5 Å². The van der Waals surface area contributed by atoms with Crippen LogP contribution in [0.3, 0.4) is 0 Å². The molecule has 0 aliphatic rings. The van der Waals surface area contributed by atoms with E-state index in [1.807, 2.05) is 32.0 Å². The van der Waals surface area contributed by atoms with Crippen molar-refractivity contribution >= 4 is 22.4 Å². The fourth-order valence-corrected chi connectivity index (χ4v) is 2.80. The predicted octanol–water partition coefficient (Wildman–Crippen LogP) is 5.26. The summed E-state index contributed by atoms with van der Waals surface area (Å²) in [5, 5.41) is 15.7. The Bertz CT molecular complexity index is 1010. The standard InChI is InChI=1S/C13H13NO2.C10H13N/c1-8-5-13(15)16-12-7-10(6-9(2)14)3-4-11(8)12;1-8-3-5-10(6-4-8)7-9(2)11/h3-5,7,14H,6H2,1-2H3;3-6,11H,7H2,1-2H3.